The van der Waals surface area contributed by atoms with Crippen LogP contribution in [0.5, 0.6) is 0 Å². The van der Waals surface area contributed by atoms with Gasteiger partial charge in [-0.3, -0.25) is 9.44 Å². The molecular weight excluding hydrogens is 495 g/mol. The van der Waals surface area contributed by atoms with Crippen molar-refractivity contribution in [1.29, 1.82) is 0 Å². The third-order valence-electron chi connectivity index (χ3n) is 5.51. The van der Waals surface area contributed by atoms with Crippen LogP contribution in [0.2, 0.25) is 10.0 Å². The van der Waals surface area contributed by atoms with Gasteiger partial charge >= 0.3 is 0 Å². The van der Waals surface area contributed by atoms with Crippen LogP contribution in [0.3, 0.4) is 0 Å². The molecule has 0 atom stereocenters. The highest BCUT2D eigenvalue weighted by molar-refractivity contribution is 7.93. The van der Waals surface area contributed by atoms with Crippen molar-refractivity contribution >= 4 is 65.5 Å². The van der Waals surface area contributed by atoms with E-state index < -0.39 is 25.3 Å². The predicted octanol–water partition coefficient (Wildman–Crippen LogP) is 4.11. The molecule has 1 aliphatic rings. The molecule has 0 amide bonds. The quantitative estimate of drug-likeness (QED) is 0.456. The maximum absolute atomic E-state index is 12.9. The Kier molecular flexibility index (Phi) is 6.34. The Morgan fingerprint density at radius 2 is 1.59 bits per heavy atom. The summed E-state index contributed by atoms with van der Waals surface area (Å²) in [6.07, 6.45) is 2.64. The highest BCUT2D eigenvalue weighted by Gasteiger charge is 2.29. The van der Waals surface area contributed by atoms with E-state index in [9.17, 15) is 16.8 Å². The number of piperidine rings is 1. The zero-order valence-corrected chi connectivity index (χ0v) is 20.2. The number of rotatable bonds is 6. The second kappa shape index (κ2) is 8.75. The lowest BCUT2D eigenvalue weighted by Gasteiger charge is -2.28. The Morgan fingerprint density at radius 3 is 2.25 bits per heavy atom. The van der Waals surface area contributed by atoms with Crippen LogP contribution >= 0.6 is 23.2 Å². The highest BCUT2D eigenvalue weighted by atomic mass is 35.5. The number of benzene rings is 2. The molecule has 32 heavy (non-hydrogen) atoms. The van der Waals surface area contributed by atoms with E-state index in [1.54, 1.807) is 12.1 Å². The van der Waals surface area contributed by atoms with Gasteiger partial charge < -0.3 is 9.88 Å². The Morgan fingerprint density at radius 1 is 0.938 bits per heavy atom. The van der Waals surface area contributed by atoms with E-state index in [1.807, 2.05) is 7.05 Å². The fourth-order valence-electron chi connectivity index (χ4n) is 3.70. The summed E-state index contributed by atoms with van der Waals surface area (Å²) in [6.45, 7) is 1.44. The van der Waals surface area contributed by atoms with Gasteiger partial charge in [0.25, 0.3) is 10.0 Å². The monoisotopic (exact) mass is 516 g/mol. The third-order valence-corrected chi connectivity index (χ3v) is 9.37. The SMILES string of the molecule is CN1CCC(S(=O)(=O)Nc2ccc(S(=O)(=O)Nc3ccc(Cl)c4c(Cl)c[nH]c34)cc2)CC1. The zero-order chi connectivity index (χ0) is 23.1. The average Bonchev–Trinajstić information content (AvgIpc) is 3.13. The average molecular weight is 517 g/mol. The first-order valence-corrected chi connectivity index (χ1v) is 13.6. The Balaban J connectivity index is 1.52. The number of halogens is 2. The summed E-state index contributed by atoms with van der Waals surface area (Å²) in [6, 6.07) is 8.67. The predicted molar refractivity (Wildman–Crippen MR) is 129 cm³/mol. The molecule has 0 radical (unpaired) electrons. The molecule has 3 aromatic rings. The normalized spacial score (nSPS) is 16.3. The molecule has 0 spiro atoms. The van der Waals surface area contributed by atoms with Gasteiger partial charge in [-0.05, 0) is 69.4 Å². The fraction of sp³-hybridized carbons (Fsp3) is 0.300. The second-order valence-corrected chi connectivity index (χ2v) is 12.2. The van der Waals surface area contributed by atoms with E-state index in [1.165, 1.54) is 30.5 Å². The molecule has 1 aliphatic heterocycles. The molecule has 4 rings (SSSR count). The lowest BCUT2D eigenvalue weighted by molar-refractivity contribution is 0.278. The van der Waals surface area contributed by atoms with E-state index >= 15 is 0 Å². The summed E-state index contributed by atoms with van der Waals surface area (Å²) < 4.78 is 56.2. The molecule has 12 heteroatoms. The van der Waals surface area contributed by atoms with Gasteiger partial charge in [0, 0.05) is 17.3 Å². The van der Waals surface area contributed by atoms with Crippen LogP contribution in [0.1, 0.15) is 12.8 Å². The van der Waals surface area contributed by atoms with Gasteiger partial charge in [0.05, 0.1) is 31.4 Å². The number of hydrogen-bond donors (Lipinski definition) is 3. The lowest BCUT2D eigenvalue weighted by Crippen LogP contribution is -2.39. The first-order valence-electron chi connectivity index (χ1n) is 9.85. The summed E-state index contributed by atoms with van der Waals surface area (Å²) >= 11 is 12.3. The third kappa shape index (κ3) is 4.69. The maximum atomic E-state index is 12.9. The maximum Gasteiger partial charge on any atom is 0.261 e. The standard InChI is InChI=1S/C20H22Cl2N4O4S2/c1-26-10-8-15(9-11-26)31(27,28)24-13-2-4-14(5-3-13)32(29,30)25-18-7-6-16(21)19-17(22)12-23-20(18)19/h2-7,12,15,23-25H,8-11H2,1H3. The zero-order valence-electron chi connectivity index (χ0n) is 17.1. The largest absolute Gasteiger partial charge is 0.358 e. The van der Waals surface area contributed by atoms with Crippen molar-refractivity contribution in [3.63, 3.8) is 0 Å². The van der Waals surface area contributed by atoms with Crippen molar-refractivity contribution in [2.24, 2.45) is 0 Å². The van der Waals surface area contributed by atoms with Crippen LogP contribution in [0, 0.1) is 0 Å². The first kappa shape index (κ1) is 23.2. The molecule has 8 nitrogen and oxygen atoms in total. The number of anilines is 2. The van der Waals surface area contributed by atoms with E-state index in [2.05, 4.69) is 19.3 Å². The number of fused-ring (bicyclic) bond motifs is 1. The smallest absolute Gasteiger partial charge is 0.261 e. The molecule has 1 aromatic heterocycles. The summed E-state index contributed by atoms with van der Waals surface area (Å²) in [5, 5.41) is 0.832. The van der Waals surface area contributed by atoms with Crippen LogP contribution in [0.4, 0.5) is 11.4 Å². The van der Waals surface area contributed by atoms with Crippen LogP contribution < -0.4 is 9.44 Å². The van der Waals surface area contributed by atoms with E-state index in [0.29, 0.717) is 45.2 Å². The topological polar surface area (TPSA) is 111 Å². The summed E-state index contributed by atoms with van der Waals surface area (Å²) in [5.41, 5.74) is 1.07. The van der Waals surface area contributed by atoms with Gasteiger partial charge in [-0.25, -0.2) is 16.8 Å². The highest BCUT2D eigenvalue weighted by Crippen LogP contribution is 2.35. The van der Waals surface area contributed by atoms with Crippen molar-refractivity contribution in [2.75, 3.05) is 29.6 Å². The van der Waals surface area contributed by atoms with Crippen LogP contribution in [0.25, 0.3) is 10.9 Å². The minimum absolute atomic E-state index is 0.0134. The van der Waals surface area contributed by atoms with E-state index in [-0.39, 0.29) is 4.90 Å². The number of H-pyrrole nitrogens is 1. The Hall–Kier alpha value is -1.98. The molecule has 0 unspecified atom stereocenters. The van der Waals surface area contributed by atoms with Gasteiger partial charge in [0.2, 0.25) is 10.0 Å². The first-order chi connectivity index (χ1) is 15.1. The minimum atomic E-state index is -3.93. The molecule has 2 aromatic carbocycles. The minimum Gasteiger partial charge on any atom is -0.358 e. The van der Waals surface area contributed by atoms with Gasteiger partial charge in [-0.15, -0.1) is 0 Å². The Bertz CT molecular complexity index is 1350. The van der Waals surface area contributed by atoms with E-state index in [0.717, 1.165) is 13.1 Å². The molecule has 0 aliphatic carbocycles. The van der Waals surface area contributed by atoms with Gasteiger partial charge in [0.1, 0.15) is 0 Å². The Labute approximate surface area is 197 Å². The number of aromatic nitrogens is 1. The summed E-state index contributed by atoms with van der Waals surface area (Å²) in [5.74, 6) is 0. The number of aromatic amines is 1. The lowest BCUT2D eigenvalue weighted by atomic mass is 10.1. The van der Waals surface area contributed by atoms with Crippen molar-refractivity contribution in [1.82, 2.24) is 9.88 Å². The molecule has 1 fully saturated rings. The number of nitrogens with one attached hydrogen (secondary N) is 3. The van der Waals surface area contributed by atoms with Gasteiger partial charge in [-0.2, -0.15) is 0 Å². The number of sulfonamides is 2. The van der Waals surface area contributed by atoms with Crippen molar-refractivity contribution < 1.29 is 16.8 Å². The van der Waals surface area contributed by atoms with Crippen molar-refractivity contribution in [2.45, 2.75) is 23.0 Å². The summed E-state index contributed by atoms with van der Waals surface area (Å²) in [4.78, 5) is 5.00. The number of nitrogens with zero attached hydrogens (tertiary/aromatic N) is 1. The molecule has 2 heterocycles. The van der Waals surface area contributed by atoms with Crippen LogP contribution in [-0.4, -0.2) is 52.1 Å². The van der Waals surface area contributed by atoms with Crippen LogP contribution in [0.15, 0.2) is 47.5 Å². The molecular formula is C20H22Cl2N4O4S2. The van der Waals surface area contributed by atoms with Gasteiger partial charge in [0.15, 0.2) is 0 Å². The second-order valence-electron chi connectivity index (χ2n) is 7.76. The fourth-order valence-corrected chi connectivity index (χ4v) is 6.80. The molecule has 1 saturated heterocycles. The summed E-state index contributed by atoms with van der Waals surface area (Å²) in [7, 11) is -5.53. The molecule has 172 valence electrons. The molecule has 0 saturated carbocycles. The van der Waals surface area contributed by atoms with Crippen LogP contribution in [-0.2, 0) is 20.0 Å². The number of hydrogen-bond acceptors (Lipinski definition) is 5. The molecule has 3 N–H and O–H groups in total. The molecule has 0 bridgehead atoms. The van der Waals surface area contributed by atoms with E-state index in [4.69, 9.17) is 23.2 Å². The van der Waals surface area contributed by atoms with Crippen molar-refractivity contribution in [3.05, 3.63) is 52.6 Å². The number of likely N-dealkylation sites (tertiary alicyclic amines) is 1. The van der Waals surface area contributed by atoms with Crippen molar-refractivity contribution in [3.8, 4) is 0 Å². The van der Waals surface area contributed by atoms with Gasteiger partial charge in [-0.1, -0.05) is 23.2 Å².